The number of nitrogens with zero attached hydrogens (tertiary/aromatic N) is 3. The molecular formula is C13H21N3O4S. The fraction of sp³-hybridized carbons (Fsp3) is 0.769. The molecule has 0 N–H and O–H groups in total. The van der Waals surface area contributed by atoms with Crippen LogP contribution >= 0.6 is 0 Å². The van der Waals surface area contributed by atoms with Crippen molar-refractivity contribution in [1.29, 1.82) is 0 Å². The van der Waals surface area contributed by atoms with Crippen LogP contribution in [-0.4, -0.2) is 48.2 Å². The molecular weight excluding hydrogens is 294 g/mol. The third-order valence-corrected chi connectivity index (χ3v) is 5.57. The van der Waals surface area contributed by atoms with Gasteiger partial charge in [0, 0.05) is 19.0 Å². The second-order valence-corrected chi connectivity index (χ2v) is 8.00. The minimum atomic E-state index is -3.65. The molecule has 0 aliphatic carbocycles. The standard InChI is InChI=1S/C13H21N3O4S/c1-9(2)12-14-13(20-15-12)10(3)21(18,19)8-11(17)16-6-4-5-7-16/h9-10H,4-8H2,1-3H3/t10-/m0/s1. The Morgan fingerprint density at radius 1 is 1.29 bits per heavy atom. The molecule has 7 nitrogen and oxygen atoms in total. The number of aromatic nitrogens is 2. The fourth-order valence-electron chi connectivity index (χ4n) is 2.16. The van der Waals surface area contributed by atoms with E-state index in [0.29, 0.717) is 18.9 Å². The van der Waals surface area contributed by atoms with Gasteiger partial charge in [-0.15, -0.1) is 0 Å². The first-order valence-electron chi connectivity index (χ1n) is 7.14. The number of amides is 1. The van der Waals surface area contributed by atoms with Crippen molar-refractivity contribution in [2.45, 2.75) is 44.8 Å². The normalized spacial score (nSPS) is 17.4. The average molecular weight is 315 g/mol. The molecule has 1 atom stereocenters. The summed E-state index contributed by atoms with van der Waals surface area (Å²) < 4.78 is 29.6. The van der Waals surface area contributed by atoms with Crippen molar-refractivity contribution in [2.24, 2.45) is 0 Å². The first-order valence-corrected chi connectivity index (χ1v) is 8.85. The van der Waals surface area contributed by atoms with E-state index in [1.807, 2.05) is 13.8 Å². The van der Waals surface area contributed by atoms with E-state index < -0.39 is 20.8 Å². The van der Waals surface area contributed by atoms with Crippen LogP contribution < -0.4 is 0 Å². The molecule has 1 fully saturated rings. The van der Waals surface area contributed by atoms with E-state index >= 15 is 0 Å². The van der Waals surface area contributed by atoms with Gasteiger partial charge < -0.3 is 9.42 Å². The van der Waals surface area contributed by atoms with Gasteiger partial charge in [0.25, 0.3) is 0 Å². The van der Waals surface area contributed by atoms with E-state index in [-0.39, 0.29) is 17.7 Å². The first kappa shape index (κ1) is 15.9. The molecule has 0 saturated carbocycles. The van der Waals surface area contributed by atoms with E-state index in [1.165, 1.54) is 6.92 Å². The molecule has 0 aromatic carbocycles. The number of carbonyl (C=O) groups excluding carboxylic acids is 1. The Morgan fingerprint density at radius 3 is 2.43 bits per heavy atom. The van der Waals surface area contributed by atoms with Crippen molar-refractivity contribution in [1.82, 2.24) is 15.0 Å². The molecule has 1 saturated heterocycles. The molecule has 21 heavy (non-hydrogen) atoms. The van der Waals surface area contributed by atoms with Crippen LogP contribution in [0.25, 0.3) is 0 Å². The Hall–Kier alpha value is -1.44. The maximum absolute atomic E-state index is 12.3. The van der Waals surface area contributed by atoms with Gasteiger partial charge in [0.05, 0.1) is 0 Å². The molecule has 1 aromatic heterocycles. The zero-order chi connectivity index (χ0) is 15.6. The number of carbonyl (C=O) groups is 1. The summed E-state index contributed by atoms with van der Waals surface area (Å²) in [5.41, 5.74) is 0. The van der Waals surface area contributed by atoms with Crippen molar-refractivity contribution in [3.8, 4) is 0 Å². The Bertz CT molecular complexity index is 603. The van der Waals surface area contributed by atoms with Gasteiger partial charge in [0.15, 0.2) is 15.7 Å². The van der Waals surface area contributed by atoms with Crippen LogP contribution in [0.4, 0.5) is 0 Å². The van der Waals surface area contributed by atoms with Gasteiger partial charge in [-0.3, -0.25) is 4.79 Å². The summed E-state index contributed by atoms with van der Waals surface area (Å²) in [6, 6.07) is 0. The smallest absolute Gasteiger partial charge is 0.244 e. The number of sulfone groups is 1. The molecule has 1 amide bonds. The topological polar surface area (TPSA) is 93.4 Å². The third kappa shape index (κ3) is 3.61. The second kappa shape index (κ2) is 6.13. The second-order valence-electron chi connectivity index (χ2n) is 5.68. The zero-order valence-corrected chi connectivity index (χ0v) is 13.4. The molecule has 2 heterocycles. The molecule has 118 valence electrons. The Labute approximate surface area is 124 Å². The van der Waals surface area contributed by atoms with Crippen LogP contribution in [0.1, 0.15) is 56.5 Å². The maximum atomic E-state index is 12.3. The van der Waals surface area contributed by atoms with Crippen molar-refractivity contribution in [3.05, 3.63) is 11.7 Å². The highest BCUT2D eigenvalue weighted by Crippen LogP contribution is 2.23. The van der Waals surface area contributed by atoms with E-state index in [4.69, 9.17) is 4.52 Å². The SMILES string of the molecule is CC(C)c1noc([C@H](C)S(=O)(=O)CC(=O)N2CCCC2)n1. The minimum absolute atomic E-state index is 0.0490. The van der Waals surface area contributed by atoms with Gasteiger partial charge in [-0.2, -0.15) is 4.98 Å². The monoisotopic (exact) mass is 315 g/mol. The van der Waals surface area contributed by atoms with E-state index in [0.717, 1.165) is 12.8 Å². The third-order valence-electron chi connectivity index (χ3n) is 3.64. The van der Waals surface area contributed by atoms with E-state index in [9.17, 15) is 13.2 Å². The van der Waals surface area contributed by atoms with Crippen molar-refractivity contribution in [2.75, 3.05) is 18.8 Å². The molecule has 0 spiro atoms. The summed E-state index contributed by atoms with van der Waals surface area (Å²) in [5, 5.41) is 2.79. The summed E-state index contributed by atoms with van der Waals surface area (Å²) in [6.07, 6.45) is 1.87. The summed E-state index contributed by atoms with van der Waals surface area (Å²) in [5.74, 6) is -0.273. The van der Waals surface area contributed by atoms with Crippen LogP contribution in [-0.2, 0) is 14.6 Å². The Kier molecular flexibility index (Phi) is 4.65. The largest absolute Gasteiger partial charge is 0.342 e. The Morgan fingerprint density at radius 2 is 1.90 bits per heavy atom. The lowest BCUT2D eigenvalue weighted by Gasteiger charge is -2.16. The average Bonchev–Trinajstić information content (AvgIpc) is 3.08. The van der Waals surface area contributed by atoms with Gasteiger partial charge in [-0.25, -0.2) is 8.42 Å². The lowest BCUT2D eigenvalue weighted by molar-refractivity contribution is -0.127. The van der Waals surface area contributed by atoms with Crippen LogP contribution in [0.15, 0.2) is 4.52 Å². The van der Waals surface area contributed by atoms with Gasteiger partial charge in [-0.1, -0.05) is 19.0 Å². The predicted molar refractivity (Wildman–Crippen MR) is 76.4 cm³/mol. The lowest BCUT2D eigenvalue weighted by Crippen LogP contribution is -2.34. The van der Waals surface area contributed by atoms with Crippen LogP contribution in [0.2, 0.25) is 0 Å². The summed E-state index contributed by atoms with van der Waals surface area (Å²) in [6.45, 7) is 6.54. The van der Waals surface area contributed by atoms with Gasteiger partial charge in [-0.05, 0) is 19.8 Å². The number of rotatable bonds is 5. The van der Waals surface area contributed by atoms with E-state index in [1.54, 1.807) is 4.90 Å². The molecule has 0 radical (unpaired) electrons. The maximum Gasteiger partial charge on any atom is 0.244 e. The lowest BCUT2D eigenvalue weighted by atomic mass is 10.2. The Balaban J connectivity index is 2.08. The highest BCUT2D eigenvalue weighted by Gasteiger charge is 2.32. The summed E-state index contributed by atoms with van der Waals surface area (Å²) in [7, 11) is -3.65. The molecule has 0 unspecified atom stereocenters. The zero-order valence-electron chi connectivity index (χ0n) is 12.6. The van der Waals surface area contributed by atoms with Crippen LogP contribution in [0.3, 0.4) is 0 Å². The minimum Gasteiger partial charge on any atom is -0.342 e. The first-order chi connectivity index (χ1) is 9.81. The summed E-state index contributed by atoms with van der Waals surface area (Å²) in [4.78, 5) is 17.7. The van der Waals surface area contributed by atoms with Gasteiger partial charge >= 0.3 is 0 Å². The van der Waals surface area contributed by atoms with Crippen LogP contribution in [0, 0.1) is 0 Å². The van der Waals surface area contributed by atoms with Crippen LogP contribution in [0.5, 0.6) is 0 Å². The predicted octanol–water partition coefficient (Wildman–Crippen LogP) is 1.29. The highest BCUT2D eigenvalue weighted by atomic mass is 32.2. The molecule has 8 heteroatoms. The fourth-order valence-corrected chi connectivity index (χ4v) is 3.34. The molecule has 2 rings (SSSR count). The van der Waals surface area contributed by atoms with Crippen molar-refractivity contribution < 1.29 is 17.7 Å². The molecule has 1 aliphatic heterocycles. The van der Waals surface area contributed by atoms with Gasteiger partial charge in [0.2, 0.25) is 11.8 Å². The van der Waals surface area contributed by atoms with E-state index in [2.05, 4.69) is 10.1 Å². The quantitative estimate of drug-likeness (QED) is 0.813. The molecule has 0 bridgehead atoms. The molecule has 1 aliphatic rings. The van der Waals surface area contributed by atoms with Crippen molar-refractivity contribution >= 4 is 15.7 Å². The number of likely N-dealkylation sites (tertiary alicyclic amines) is 1. The van der Waals surface area contributed by atoms with Gasteiger partial charge in [0.1, 0.15) is 11.0 Å². The summed E-state index contributed by atoms with van der Waals surface area (Å²) >= 11 is 0. The number of hydrogen-bond acceptors (Lipinski definition) is 6. The number of hydrogen-bond donors (Lipinski definition) is 0. The molecule has 1 aromatic rings. The highest BCUT2D eigenvalue weighted by molar-refractivity contribution is 7.92. The van der Waals surface area contributed by atoms with Crippen molar-refractivity contribution in [3.63, 3.8) is 0 Å².